The summed E-state index contributed by atoms with van der Waals surface area (Å²) in [4.78, 5) is 9.21. The second kappa shape index (κ2) is 7.70. The maximum absolute atomic E-state index is 13.1. The molecule has 10 heteroatoms. The zero-order valence-corrected chi connectivity index (χ0v) is 18.4. The van der Waals surface area contributed by atoms with Crippen LogP contribution in [-0.2, 0) is 6.54 Å². The molecule has 7 nitrogen and oxygen atoms in total. The lowest BCUT2D eigenvalue weighted by molar-refractivity contribution is -0.114. The zero-order valence-electron chi connectivity index (χ0n) is 16.8. The van der Waals surface area contributed by atoms with Gasteiger partial charge in [0.2, 0.25) is 5.92 Å². The van der Waals surface area contributed by atoms with Crippen LogP contribution < -0.4 is 16.2 Å². The van der Waals surface area contributed by atoms with Gasteiger partial charge in [0.05, 0.1) is 39.5 Å². The number of hydrogen-bond acceptors (Lipinski definition) is 6. The number of hydrogen-bond donors (Lipinski definition) is 2. The summed E-state index contributed by atoms with van der Waals surface area (Å²) in [6, 6.07) is 8.67. The summed E-state index contributed by atoms with van der Waals surface area (Å²) in [5.74, 6) is -1.50. The van der Waals surface area contributed by atoms with E-state index in [-0.39, 0.29) is 18.8 Å². The molecule has 2 aromatic carbocycles. The lowest BCUT2D eigenvalue weighted by Crippen LogP contribution is -2.37. The highest BCUT2D eigenvalue weighted by atomic mass is 79.9. The van der Waals surface area contributed by atoms with Crippen molar-refractivity contribution in [3.63, 3.8) is 0 Å². The Morgan fingerprint density at radius 1 is 1.12 bits per heavy atom. The smallest absolute Gasteiger partial charge is 0.248 e. The van der Waals surface area contributed by atoms with Crippen LogP contribution >= 0.6 is 15.9 Å². The molecule has 32 heavy (non-hydrogen) atoms. The third kappa shape index (κ3) is 3.97. The van der Waals surface area contributed by atoms with Crippen LogP contribution in [0.25, 0.3) is 22.3 Å². The number of anilines is 2. The Morgan fingerprint density at radius 2 is 1.94 bits per heavy atom. The number of ether oxygens (including phenoxy) is 1. The van der Waals surface area contributed by atoms with Gasteiger partial charge < -0.3 is 16.2 Å². The third-order valence-electron chi connectivity index (χ3n) is 5.45. The predicted molar refractivity (Wildman–Crippen MR) is 121 cm³/mol. The summed E-state index contributed by atoms with van der Waals surface area (Å²) in [5.41, 5.74) is 15.2. The summed E-state index contributed by atoms with van der Waals surface area (Å²) in [5, 5.41) is 4.30. The number of benzene rings is 2. The molecule has 0 bridgehead atoms. The third-order valence-corrected chi connectivity index (χ3v) is 6.22. The number of rotatable bonds is 5. The molecule has 0 aliphatic heterocycles. The van der Waals surface area contributed by atoms with Gasteiger partial charge in [-0.05, 0) is 46.1 Å². The molecule has 4 N–H and O–H groups in total. The van der Waals surface area contributed by atoms with Crippen molar-refractivity contribution < 1.29 is 13.5 Å². The van der Waals surface area contributed by atoms with E-state index in [1.54, 1.807) is 47.5 Å². The molecule has 0 unspecified atom stereocenters. The minimum atomic E-state index is -2.53. The zero-order chi connectivity index (χ0) is 22.5. The van der Waals surface area contributed by atoms with Crippen molar-refractivity contribution in [3.05, 3.63) is 53.4 Å². The highest BCUT2D eigenvalue weighted by molar-refractivity contribution is 9.10. The van der Waals surface area contributed by atoms with E-state index in [0.29, 0.717) is 50.6 Å². The second-order valence-corrected chi connectivity index (χ2v) is 8.77. The molecule has 0 saturated heterocycles. The van der Waals surface area contributed by atoms with Crippen LogP contribution in [0.1, 0.15) is 12.8 Å². The fourth-order valence-corrected chi connectivity index (χ4v) is 4.27. The van der Waals surface area contributed by atoms with Gasteiger partial charge in [0.1, 0.15) is 17.0 Å². The fraction of sp³-hybridized carbons (Fsp3) is 0.227. The molecule has 1 aliphatic rings. The van der Waals surface area contributed by atoms with E-state index in [4.69, 9.17) is 21.2 Å². The van der Waals surface area contributed by atoms with Crippen LogP contribution in [0.2, 0.25) is 0 Å². The summed E-state index contributed by atoms with van der Waals surface area (Å²) >= 11 is 3.57. The van der Waals surface area contributed by atoms with Crippen molar-refractivity contribution in [2.45, 2.75) is 25.3 Å². The van der Waals surface area contributed by atoms with E-state index in [0.717, 1.165) is 5.56 Å². The summed E-state index contributed by atoms with van der Waals surface area (Å²) in [6.45, 7) is 0.461. The summed E-state index contributed by atoms with van der Waals surface area (Å²) in [6.07, 6.45) is 4.95. The van der Waals surface area contributed by atoms with Gasteiger partial charge in [-0.1, -0.05) is 0 Å². The van der Waals surface area contributed by atoms with E-state index < -0.39 is 5.92 Å². The number of alkyl halides is 2. The molecule has 1 saturated carbocycles. The number of nitrogen functional groups attached to an aromatic ring is 2. The van der Waals surface area contributed by atoms with E-state index in [9.17, 15) is 8.78 Å². The number of fused-ring (bicyclic) bond motifs is 1. The van der Waals surface area contributed by atoms with Crippen molar-refractivity contribution in [1.29, 1.82) is 0 Å². The molecule has 0 atom stereocenters. The molecule has 0 spiro atoms. The van der Waals surface area contributed by atoms with Crippen molar-refractivity contribution in [2.24, 2.45) is 5.92 Å². The molecule has 2 aromatic heterocycles. The highest BCUT2D eigenvalue weighted by Gasteiger charge is 2.45. The lowest BCUT2D eigenvalue weighted by atomic mass is 9.81. The van der Waals surface area contributed by atoms with Crippen LogP contribution in [-0.4, -0.2) is 25.7 Å². The van der Waals surface area contributed by atoms with Crippen molar-refractivity contribution >= 4 is 38.3 Å². The Morgan fingerprint density at radius 3 is 2.69 bits per heavy atom. The van der Waals surface area contributed by atoms with Crippen molar-refractivity contribution in [1.82, 2.24) is 19.7 Å². The molecule has 0 amide bonds. The topological polar surface area (TPSA) is 105 Å². The second-order valence-electron chi connectivity index (χ2n) is 7.97. The van der Waals surface area contributed by atoms with Crippen LogP contribution in [0.3, 0.4) is 0 Å². The average molecular weight is 501 g/mol. The van der Waals surface area contributed by atoms with Crippen LogP contribution in [0.15, 0.2) is 53.4 Å². The van der Waals surface area contributed by atoms with Gasteiger partial charge in [-0.3, -0.25) is 9.67 Å². The average Bonchev–Trinajstić information content (AvgIpc) is 3.20. The quantitative estimate of drug-likeness (QED) is 0.362. The van der Waals surface area contributed by atoms with Gasteiger partial charge in [-0.25, -0.2) is 13.8 Å². The lowest BCUT2D eigenvalue weighted by Gasteiger charge is -2.34. The molecule has 5 rings (SSSR count). The Bertz CT molecular complexity index is 1320. The summed E-state index contributed by atoms with van der Waals surface area (Å²) < 4.78 is 34.4. The Labute approximate surface area is 190 Å². The van der Waals surface area contributed by atoms with Crippen molar-refractivity contribution in [2.75, 3.05) is 11.5 Å². The molecule has 1 fully saturated rings. The van der Waals surface area contributed by atoms with Gasteiger partial charge in [0.15, 0.2) is 0 Å². The molecular weight excluding hydrogens is 482 g/mol. The molecule has 164 valence electrons. The first-order chi connectivity index (χ1) is 15.3. The maximum Gasteiger partial charge on any atom is 0.248 e. The van der Waals surface area contributed by atoms with Gasteiger partial charge in [-0.15, -0.1) is 0 Å². The fourth-order valence-electron chi connectivity index (χ4n) is 3.76. The maximum atomic E-state index is 13.1. The molecule has 0 radical (unpaired) electrons. The predicted octanol–water partition coefficient (Wildman–Crippen LogP) is 5.26. The van der Waals surface area contributed by atoms with E-state index in [1.807, 2.05) is 6.07 Å². The monoisotopic (exact) mass is 500 g/mol. The Balaban J connectivity index is 1.41. The minimum Gasteiger partial charge on any atom is -0.456 e. The van der Waals surface area contributed by atoms with Crippen LogP contribution in [0.5, 0.6) is 11.5 Å². The molecular formula is C22H19BrF2N6O. The largest absolute Gasteiger partial charge is 0.456 e. The number of aromatic nitrogens is 4. The SMILES string of the molecule is Nc1ccc(Oc2ccc3ncc(-c4cnn(CC5CC(F)(F)C5)c4)nc3c2Br)cc1N. The first-order valence-corrected chi connectivity index (χ1v) is 10.8. The van der Waals surface area contributed by atoms with Crippen LogP contribution in [0.4, 0.5) is 20.2 Å². The normalized spacial score (nSPS) is 15.6. The number of halogens is 3. The highest BCUT2D eigenvalue weighted by Crippen LogP contribution is 2.43. The van der Waals surface area contributed by atoms with E-state index >= 15 is 0 Å². The molecule has 2 heterocycles. The van der Waals surface area contributed by atoms with Crippen molar-refractivity contribution in [3.8, 4) is 22.8 Å². The Kier molecular flexibility index (Phi) is 4.96. The standard InChI is InChI=1S/C22H19BrF2N6O/c23-20-19(32-14-1-2-15(26)16(27)5-14)4-3-17-21(20)30-18(9-28-17)13-8-29-31(11-13)10-12-6-22(24,25)7-12/h1-5,8-9,11-12H,6-7,10,26-27H2. The summed E-state index contributed by atoms with van der Waals surface area (Å²) in [7, 11) is 0. The first kappa shape index (κ1) is 20.6. The first-order valence-electron chi connectivity index (χ1n) is 9.96. The van der Waals surface area contributed by atoms with Gasteiger partial charge in [0, 0.05) is 37.2 Å². The van der Waals surface area contributed by atoms with Gasteiger partial charge in [0.25, 0.3) is 0 Å². The molecule has 1 aliphatic carbocycles. The van der Waals surface area contributed by atoms with Gasteiger partial charge in [-0.2, -0.15) is 5.10 Å². The molecule has 4 aromatic rings. The number of nitrogens with two attached hydrogens (primary N) is 2. The van der Waals surface area contributed by atoms with E-state index in [2.05, 4.69) is 26.0 Å². The van der Waals surface area contributed by atoms with Gasteiger partial charge >= 0.3 is 0 Å². The van der Waals surface area contributed by atoms with Crippen LogP contribution in [0, 0.1) is 5.92 Å². The minimum absolute atomic E-state index is 0.0586. The van der Waals surface area contributed by atoms with E-state index in [1.165, 1.54) is 0 Å². The Hall–Kier alpha value is -3.27. The number of nitrogens with zero attached hydrogens (tertiary/aromatic N) is 4.